The zero-order valence-corrected chi connectivity index (χ0v) is 21.1. The monoisotopic (exact) mass is 536 g/mol. The number of hydrogen-bond acceptors (Lipinski definition) is 7. The van der Waals surface area contributed by atoms with Crippen LogP contribution < -0.4 is 21.7 Å². The Balaban J connectivity index is 1.70. The number of carbonyl (C=O) groups excluding carboxylic acids is 3. The number of aliphatic carboxylic acids is 1. The van der Waals surface area contributed by atoms with Crippen molar-refractivity contribution in [3.05, 3.63) is 90.0 Å². The lowest BCUT2D eigenvalue weighted by atomic mass is 10.0. The fourth-order valence-corrected chi connectivity index (χ4v) is 3.85. The van der Waals surface area contributed by atoms with Gasteiger partial charge in [0.1, 0.15) is 18.1 Å². The van der Waals surface area contributed by atoms with Crippen LogP contribution in [0.5, 0.6) is 0 Å². The van der Waals surface area contributed by atoms with Crippen molar-refractivity contribution in [2.75, 3.05) is 6.61 Å². The average Bonchev–Trinajstić information content (AvgIpc) is 3.44. The Labute approximate surface area is 225 Å². The van der Waals surface area contributed by atoms with Crippen molar-refractivity contribution >= 4 is 23.7 Å². The SMILES string of the molecule is NC(Cc1cnc[nH]1)C(=O)NC(CO)C(=O)NC(Cc1ccccc1)C(=O)NC(Cc1ccccc1)C(=O)O. The molecule has 1 aromatic heterocycles. The minimum atomic E-state index is -1.39. The van der Waals surface area contributed by atoms with Crippen LogP contribution in [0, 0.1) is 0 Å². The second kappa shape index (κ2) is 14.4. The lowest BCUT2D eigenvalue weighted by Crippen LogP contribution is -2.58. The largest absolute Gasteiger partial charge is 0.480 e. The maximum absolute atomic E-state index is 13.2. The number of nitrogens with one attached hydrogen (secondary N) is 4. The number of carboxylic acids is 1. The Bertz CT molecular complexity index is 1220. The van der Waals surface area contributed by atoms with Crippen molar-refractivity contribution in [3.8, 4) is 0 Å². The first kappa shape index (κ1) is 29.0. The number of nitrogens with zero attached hydrogens (tertiary/aromatic N) is 1. The van der Waals surface area contributed by atoms with Gasteiger partial charge in [-0.25, -0.2) is 9.78 Å². The van der Waals surface area contributed by atoms with Crippen LogP contribution in [-0.4, -0.2) is 74.6 Å². The van der Waals surface area contributed by atoms with Crippen molar-refractivity contribution < 1.29 is 29.4 Å². The molecule has 0 saturated carbocycles. The highest BCUT2D eigenvalue weighted by atomic mass is 16.4. The second-order valence-electron chi connectivity index (χ2n) is 8.97. The third-order valence-corrected chi connectivity index (χ3v) is 5.96. The first-order valence-corrected chi connectivity index (χ1v) is 12.3. The first-order chi connectivity index (χ1) is 18.8. The zero-order chi connectivity index (χ0) is 28.2. The van der Waals surface area contributed by atoms with E-state index in [-0.39, 0.29) is 19.3 Å². The molecule has 0 spiro atoms. The normalized spacial score (nSPS) is 13.9. The Morgan fingerprint density at radius 3 is 1.79 bits per heavy atom. The molecule has 0 fully saturated rings. The number of hydrogen-bond donors (Lipinski definition) is 7. The Morgan fingerprint density at radius 2 is 1.28 bits per heavy atom. The molecule has 12 heteroatoms. The number of aromatic nitrogens is 2. The topological polar surface area (TPSA) is 200 Å². The summed E-state index contributed by atoms with van der Waals surface area (Å²) in [5, 5.41) is 26.9. The number of imidazole rings is 1. The van der Waals surface area contributed by atoms with Crippen molar-refractivity contribution in [3.63, 3.8) is 0 Å². The van der Waals surface area contributed by atoms with Gasteiger partial charge in [-0.3, -0.25) is 14.4 Å². The summed E-state index contributed by atoms with van der Waals surface area (Å²) in [5.74, 6) is -3.47. The van der Waals surface area contributed by atoms with E-state index in [1.165, 1.54) is 12.5 Å². The molecule has 0 saturated heterocycles. The summed E-state index contributed by atoms with van der Waals surface area (Å²) in [7, 11) is 0. The molecule has 3 amide bonds. The van der Waals surface area contributed by atoms with Gasteiger partial charge in [-0.2, -0.15) is 0 Å². The summed E-state index contributed by atoms with van der Waals surface area (Å²) >= 11 is 0. The van der Waals surface area contributed by atoms with E-state index in [9.17, 15) is 29.4 Å². The molecule has 0 radical (unpaired) electrons. The molecule has 206 valence electrons. The molecule has 8 N–H and O–H groups in total. The van der Waals surface area contributed by atoms with E-state index in [4.69, 9.17) is 5.73 Å². The summed E-state index contributed by atoms with van der Waals surface area (Å²) in [6.07, 6.45) is 3.16. The van der Waals surface area contributed by atoms with Crippen LogP contribution in [0.2, 0.25) is 0 Å². The van der Waals surface area contributed by atoms with Gasteiger partial charge in [-0.1, -0.05) is 60.7 Å². The third-order valence-electron chi connectivity index (χ3n) is 5.96. The molecule has 0 bridgehead atoms. The van der Waals surface area contributed by atoms with Crippen molar-refractivity contribution in [2.45, 2.75) is 43.4 Å². The molecule has 4 atom stereocenters. The zero-order valence-electron chi connectivity index (χ0n) is 21.1. The number of H-pyrrole nitrogens is 1. The number of benzene rings is 2. The number of rotatable bonds is 14. The molecule has 39 heavy (non-hydrogen) atoms. The Hall–Kier alpha value is -4.55. The van der Waals surface area contributed by atoms with Gasteiger partial charge < -0.3 is 36.9 Å². The molecule has 3 aromatic rings. The fourth-order valence-electron chi connectivity index (χ4n) is 3.85. The lowest BCUT2D eigenvalue weighted by molar-refractivity contribution is -0.142. The smallest absolute Gasteiger partial charge is 0.326 e. The Kier molecular flexibility index (Phi) is 10.7. The van der Waals surface area contributed by atoms with E-state index in [1.54, 1.807) is 60.7 Å². The average molecular weight is 537 g/mol. The Morgan fingerprint density at radius 1 is 0.769 bits per heavy atom. The van der Waals surface area contributed by atoms with Crippen molar-refractivity contribution in [1.29, 1.82) is 0 Å². The van der Waals surface area contributed by atoms with E-state index in [0.29, 0.717) is 16.8 Å². The maximum Gasteiger partial charge on any atom is 0.326 e. The fraction of sp³-hybridized carbons (Fsp3) is 0.296. The molecule has 3 rings (SSSR count). The molecule has 1 heterocycles. The highest BCUT2D eigenvalue weighted by Gasteiger charge is 2.30. The van der Waals surface area contributed by atoms with Gasteiger partial charge in [0.2, 0.25) is 17.7 Å². The summed E-state index contributed by atoms with van der Waals surface area (Å²) < 4.78 is 0. The predicted molar refractivity (Wildman–Crippen MR) is 141 cm³/mol. The third kappa shape index (κ3) is 9.05. The van der Waals surface area contributed by atoms with Gasteiger partial charge in [-0.15, -0.1) is 0 Å². The van der Waals surface area contributed by atoms with Crippen LogP contribution in [0.4, 0.5) is 0 Å². The summed E-state index contributed by atoms with van der Waals surface area (Å²) in [4.78, 5) is 57.4. The van der Waals surface area contributed by atoms with Crippen LogP contribution in [0.15, 0.2) is 73.2 Å². The molecule has 2 aromatic carbocycles. The number of carbonyl (C=O) groups is 4. The molecule has 12 nitrogen and oxygen atoms in total. The molecular weight excluding hydrogens is 504 g/mol. The van der Waals surface area contributed by atoms with E-state index >= 15 is 0 Å². The number of aliphatic hydroxyl groups excluding tert-OH is 1. The first-order valence-electron chi connectivity index (χ1n) is 12.3. The van der Waals surface area contributed by atoms with Crippen molar-refractivity contribution in [1.82, 2.24) is 25.9 Å². The van der Waals surface area contributed by atoms with Crippen LogP contribution in [0.25, 0.3) is 0 Å². The molecule has 0 aliphatic heterocycles. The summed E-state index contributed by atoms with van der Waals surface area (Å²) in [5.41, 5.74) is 7.95. The highest BCUT2D eigenvalue weighted by molar-refractivity contribution is 5.94. The van der Waals surface area contributed by atoms with Crippen LogP contribution in [0.3, 0.4) is 0 Å². The highest BCUT2D eigenvalue weighted by Crippen LogP contribution is 2.07. The van der Waals surface area contributed by atoms with Gasteiger partial charge in [0.05, 0.1) is 19.0 Å². The van der Waals surface area contributed by atoms with Gasteiger partial charge in [0, 0.05) is 31.2 Å². The minimum Gasteiger partial charge on any atom is -0.480 e. The van der Waals surface area contributed by atoms with Crippen LogP contribution >= 0.6 is 0 Å². The standard InChI is InChI=1S/C27H32N6O6/c28-20(13-19-14-29-16-30-19)24(35)33-23(15-34)26(37)31-21(11-17-7-3-1-4-8-17)25(36)32-22(27(38)39)12-18-9-5-2-6-10-18/h1-10,14,16,20-23,34H,11-13,15,28H2,(H,29,30)(H,31,37)(H,32,36)(H,33,35)(H,38,39). The van der Waals surface area contributed by atoms with Gasteiger partial charge in [-0.05, 0) is 11.1 Å². The van der Waals surface area contributed by atoms with Crippen LogP contribution in [-0.2, 0) is 38.4 Å². The minimum absolute atomic E-state index is 0.0391. The molecular formula is C27H32N6O6. The van der Waals surface area contributed by atoms with Gasteiger partial charge >= 0.3 is 5.97 Å². The summed E-state index contributed by atoms with van der Waals surface area (Å²) in [6, 6.07) is 12.8. The number of aromatic amines is 1. The van der Waals surface area contributed by atoms with Crippen molar-refractivity contribution in [2.24, 2.45) is 5.73 Å². The number of nitrogens with two attached hydrogens (primary N) is 1. The molecule has 4 unspecified atom stereocenters. The van der Waals surface area contributed by atoms with Gasteiger partial charge in [0.15, 0.2) is 0 Å². The van der Waals surface area contributed by atoms with Crippen LogP contribution in [0.1, 0.15) is 16.8 Å². The molecule has 0 aliphatic carbocycles. The van der Waals surface area contributed by atoms with E-state index in [1.807, 2.05) is 0 Å². The summed E-state index contributed by atoms with van der Waals surface area (Å²) in [6.45, 7) is -0.750. The lowest BCUT2D eigenvalue weighted by Gasteiger charge is -2.24. The van der Waals surface area contributed by atoms with E-state index in [0.717, 1.165) is 0 Å². The number of amides is 3. The molecule has 0 aliphatic rings. The second-order valence-corrected chi connectivity index (χ2v) is 8.97. The van der Waals surface area contributed by atoms with Gasteiger partial charge in [0.25, 0.3) is 0 Å². The maximum atomic E-state index is 13.2. The number of aliphatic hydroxyl groups is 1. The predicted octanol–water partition coefficient (Wildman–Crippen LogP) is -0.704. The van der Waals surface area contributed by atoms with E-state index in [2.05, 4.69) is 25.9 Å². The quantitative estimate of drug-likeness (QED) is 0.140. The number of carboxylic acid groups (broad SMARTS) is 1. The van der Waals surface area contributed by atoms with E-state index < -0.39 is 54.5 Å².